The number of aromatic nitrogens is 3. The van der Waals surface area contributed by atoms with Gasteiger partial charge in [-0.15, -0.1) is 0 Å². The van der Waals surface area contributed by atoms with Gasteiger partial charge < -0.3 is 9.80 Å². The van der Waals surface area contributed by atoms with E-state index in [4.69, 9.17) is 10.1 Å². The Labute approximate surface area is 155 Å². The summed E-state index contributed by atoms with van der Waals surface area (Å²) in [6.07, 6.45) is 0.968. The maximum atomic E-state index is 4.98. The quantitative estimate of drug-likeness (QED) is 0.727. The van der Waals surface area contributed by atoms with E-state index in [0.29, 0.717) is 0 Å². The molecule has 5 nitrogen and oxygen atoms in total. The first-order chi connectivity index (χ1) is 12.6. The number of rotatable bonds is 3. The lowest BCUT2D eigenvalue weighted by molar-refractivity contribution is 0.311. The van der Waals surface area contributed by atoms with Crippen molar-refractivity contribution in [3.63, 3.8) is 0 Å². The van der Waals surface area contributed by atoms with Crippen molar-refractivity contribution in [1.29, 1.82) is 0 Å². The molecule has 3 aromatic rings. The second-order valence-corrected chi connectivity index (χ2v) is 7.21. The molecule has 1 saturated heterocycles. The van der Waals surface area contributed by atoms with Crippen molar-refractivity contribution in [1.82, 2.24) is 19.5 Å². The van der Waals surface area contributed by atoms with Gasteiger partial charge in [-0.1, -0.05) is 37.3 Å². The molecule has 3 heterocycles. The van der Waals surface area contributed by atoms with Crippen molar-refractivity contribution < 1.29 is 0 Å². The second-order valence-electron chi connectivity index (χ2n) is 7.21. The van der Waals surface area contributed by atoms with Crippen molar-refractivity contribution >= 4 is 11.5 Å². The molecule has 1 aliphatic heterocycles. The third-order valence-electron chi connectivity index (χ3n) is 5.44. The summed E-state index contributed by atoms with van der Waals surface area (Å²) in [4.78, 5) is 9.85. The minimum atomic E-state index is 0.968. The van der Waals surface area contributed by atoms with Crippen molar-refractivity contribution in [2.24, 2.45) is 0 Å². The van der Waals surface area contributed by atoms with Gasteiger partial charge in [0, 0.05) is 43.0 Å². The molecule has 0 aliphatic carbocycles. The summed E-state index contributed by atoms with van der Waals surface area (Å²) in [5.74, 6) is 1.23. The highest BCUT2D eigenvalue weighted by Gasteiger charge is 2.24. The van der Waals surface area contributed by atoms with Crippen LogP contribution in [0.1, 0.15) is 23.9 Å². The van der Waals surface area contributed by atoms with E-state index in [1.54, 1.807) is 0 Å². The summed E-state index contributed by atoms with van der Waals surface area (Å²) in [5, 5.41) is 4.93. The molecule has 2 aromatic heterocycles. The van der Waals surface area contributed by atoms with Gasteiger partial charge in [0.05, 0.1) is 5.69 Å². The number of benzene rings is 1. The molecule has 0 atom stereocenters. The number of hydrogen-bond donors (Lipinski definition) is 0. The number of likely N-dealkylation sites (N-methyl/N-ethyl adjacent to an activating group) is 1. The fraction of sp³-hybridized carbons (Fsp3) is 0.429. The molecule has 0 N–H and O–H groups in total. The molecule has 5 heteroatoms. The lowest BCUT2D eigenvalue weighted by Crippen LogP contribution is -2.45. The minimum absolute atomic E-state index is 0.968. The van der Waals surface area contributed by atoms with Crippen LogP contribution in [0.5, 0.6) is 0 Å². The van der Waals surface area contributed by atoms with Crippen LogP contribution in [0.15, 0.2) is 30.3 Å². The first-order valence-electron chi connectivity index (χ1n) is 9.48. The molecule has 1 fully saturated rings. The van der Waals surface area contributed by atoms with Crippen molar-refractivity contribution in [3.05, 3.63) is 47.3 Å². The number of aryl methyl sites for hydroxylation is 2. The van der Waals surface area contributed by atoms with Crippen molar-refractivity contribution in [3.8, 4) is 11.1 Å². The molecule has 1 aromatic carbocycles. The zero-order valence-electron chi connectivity index (χ0n) is 16.2. The summed E-state index contributed by atoms with van der Waals surface area (Å²) >= 11 is 0. The first-order valence-corrected chi connectivity index (χ1v) is 9.48. The highest BCUT2D eigenvalue weighted by molar-refractivity contribution is 5.81. The Morgan fingerprint density at radius 3 is 2.31 bits per heavy atom. The maximum Gasteiger partial charge on any atom is 0.165 e. The Kier molecular flexibility index (Phi) is 4.41. The Morgan fingerprint density at radius 1 is 0.962 bits per heavy atom. The lowest BCUT2D eigenvalue weighted by Gasteiger charge is -2.35. The number of nitrogens with zero attached hydrogens (tertiary/aromatic N) is 5. The average Bonchev–Trinajstić information content (AvgIpc) is 2.97. The number of piperazine rings is 1. The van der Waals surface area contributed by atoms with E-state index in [1.165, 1.54) is 16.9 Å². The van der Waals surface area contributed by atoms with Crippen LogP contribution < -0.4 is 4.90 Å². The molecule has 0 bridgehead atoms. The van der Waals surface area contributed by atoms with E-state index >= 15 is 0 Å². The molecule has 0 radical (unpaired) electrons. The van der Waals surface area contributed by atoms with E-state index in [0.717, 1.165) is 55.2 Å². The van der Waals surface area contributed by atoms with Crippen LogP contribution in [0.25, 0.3) is 16.8 Å². The predicted molar refractivity (Wildman–Crippen MR) is 107 cm³/mol. The van der Waals surface area contributed by atoms with Crippen LogP contribution in [0, 0.1) is 13.8 Å². The third kappa shape index (κ3) is 2.76. The predicted octanol–water partition coefficient (Wildman–Crippen LogP) is 3.33. The van der Waals surface area contributed by atoms with Gasteiger partial charge in [0.2, 0.25) is 0 Å². The first kappa shape index (κ1) is 17.0. The fourth-order valence-electron chi connectivity index (χ4n) is 3.98. The van der Waals surface area contributed by atoms with Gasteiger partial charge in [0.25, 0.3) is 0 Å². The van der Waals surface area contributed by atoms with E-state index in [1.807, 2.05) is 6.07 Å². The average molecular weight is 349 g/mol. The van der Waals surface area contributed by atoms with Crippen LogP contribution in [-0.2, 0) is 6.42 Å². The summed E-state index contributed by atoms with van der Waals surface area (Å²) in [6, 6.07) is 10.5. The van der Waals surface area contributed by atoms with Crippen LogP contribution in [0.2, 0.25) is 0 Å². The molecule has 0 amide bonds. The van der Waals surface area contributed by atoms with Gasteiger partial charge in [-0.25, -0.2) is 4.98 Å². The lowest BCUT2D eigenvalue weighted by atomic mass is 10.1. The SMILES string of the molecule is CCc1c(C)nc2c(-c3ccccc3)c(C)nn2c1N1CCN(C)CC1. The molecule has 0 spiro atoms. The molecular formula is C21H27N5. The van der Waals surface area contributed by atoms with Crippen LogP contribution in [0.4, 0.5) is 5.82 Å². The summed E-state index contributed by atoms with van der Waals surface area (Å²) in [7, 11) is 2.19. The monoisotopic (exact) mass is 349 g/mol. The second kappa shape index (κ2) is 6.72. The van der Waals surface area contributed by atoms with Gasteiger partial charge in [-0.3, -0.25) is 0 Å². The topological polar surface area (TPSA) is 36.7 Å². The van der Waals surface area contributed by atoms with Gasteiger partial charge in [-0.2, -0.15) is 9.61 Å². The number of fused-ring (bicyclic) bond motifs is 1. The third-order valence-corrected chi connectivity index (χ3v) is 5.44. The maximum absolute atomic E-state index is 4.98. The smallest absolute Gasteiger partial charge is 0.165 e. The van der Waals surface area contributed by atoms with E-state index in [2.05, 4.69) is 66.4 Å². The Balaban J connectivity index is 1.95. The zero-order chi connectivity index (χ0) is 18.3. The van der Waals surface area contributed by atoms with E-state index in [-0.39, 0.29) is 0 Å². The molecule has 0 saturated carbocycles. The highest BCUT2D eigenvalue weighted by Crippen LogP contribution is 2.33. The standard InChI is InChI=1S/C21H27N5/c1-5-18-15(2)22-20-19(17-9-7-6-8-10-17)16(3)23-26(20)21(18)25-13-11-24(4)12-14-25/h6-10H,5,11-14H2,1-4H3. The molecule has 1 aliphatic rings. The summed E-state index contributed by atoms with van der Waals surface area (Å²) in [5.41, 5.74) is 6.76. The number of hydrogen-bond acceptors (Lipinski definition) is 4. The molecule has 136 valence electrons. The van der Waals surface area contributed by atoms with E-state index in [9.17, 15) is 0 Å². The Hall–Kier alpha value is -2.40. The van der Waals surface area contributed by atoms with Gasteiger partial charge in [0.1, 0.15) is 5.82 Å². The van der Waals surface area contributed by atoms with Crippen LogP contribution >= 0.6 is 0 Å². The number of anilines is 1. The Bertz CT molecular complexity index is 921. The van der Waals surface area contributed by atoms with Crippen LogP contribution in [-0.4, -0.2) is 52.7 Å². The van der Waals surface area contributed by atoms with E-state index < -0.39 is 0 Å². The molecule has 4 rings (SSSR count). The fourth-order valence-corrected chi connectivity index (χ4v) is 3.98. The Morgan fingerprint density at radius 2 is 1.65 bits per heavy atom. The normalized spacial score (nSPS) is 15.8. The molecule has 0 unspecified atom stereocenters. The zero-order valence-corrected chi connectivity index (χ0v) is 16.2. The van der Waals surface area contributed by atoms with Crippen molar-refractivity contribution in [2.75, 3.05) is 38.1 Å². The largest absolute Gasteiger partial charge is 0.354 e. The van der Waals surface area contributed by atoms with Crippen LogP contribution in [0.3, 0.4) is 0 Å². The van der Waals surface area contributed by atoms with Crippen molar-refractivity contribution in [2.45, 2.75) is 27.2 Å². The van der Waals surface area contributed by atoms with Gasteiger partial charge in [0.15, 0.2) is 5.65 Å². The van der Waals surface area contributed by atoms with Gasteiger partial charge >= 0.3 is 0 Å². The summed E-state index contributed by atoms with van der Waals surface area (Å²) < 4.78 is 2.09. The summed E-state index contributed by atoms with van der Waals surface area (Å²) in [6.45, 7) is 10.7. The minimum Gasteiger partial charge on any atom is -0.354 e. The molecular weight excluding hydrogens is 322 g/mol. The molecule has 26 heavy (non-hydrogen) atoms. The van der Waals surface area contributed by atoms with Gasteiger partial charge in [-0.05, 0) is 32.9 Å². The highest BCUT2D eigenvalue weighted by atomic mass is 15.4.